The molecule has 0 unspecified atom stereocenters. The Morgan fingerprint density at radius 2 is 1.76 bits per heavy atom. The summed E-state index contributed by atoms with van der Waals surface area (Å²) >= 11 is 0. The molecule has 0 aliphatic heterocycles. The highest BCUT2D eigenvalue weighted by Crippen LogP contribution is 2.24. The number of para-hydroxylation sites is 1. The van der Waals surface area contributed by atoms with Crippen molar-refractivity contribution in [2.75, 3.05) is 20.8 Å². The Kier molecular flexibility index (Phi) is 7.47. The van der Waals surface area contributed by atoms with Crippen LogP contribution < -0.4 is 4.74 Å². The van der Waals surface area contributed by atoms with E-state index in [1.54, 1.807) is 42.5 Å². The molecule has 2 rings (SSSR count). The highest BCUT2D eigenvalue weighted by Gasteiger charge is 2.24. The Balaban J connectivity index is 2.40. The third-order valence-electron chi connectivity index (χ3n) is 4.12. The lowest BCUT2D eigenvalue weighted by molar-refractivity contribution is -0.481. The lowest BCUT2D eigenvalue weighted by atomic mass is 9.97. The molecule has 1 atom stereocenters. The fraction of sp³-hybridized carbons (Fsp3) is 0.238. The number of nitro groups is 1. The van der Waals surface area contributed by atoms with Crippen LogP contribution in [0.4, 0.5) is 0 Å². The van der Waals surface area contributed by atoms with Crippen LogP contribution in [0.5, 0.6) is 5.75 Å². The van der Waals surface area contributed by atoms with E-state index in [0.29, 0.717) is 5.56 Å². The van der Waals surface area contributed by atoms with Crippen molar-refractivity contribution < 1.29 is 28.7 Å². The van der Waals surface area contributed by atoms with Gasteiger partial charge in [-0.2, -0.15) is 0 Å². The average Bonchev–Trinajstić information content (AvgIpc) is 2.72. The van der Waals surface area contributed by atoms with Crippen molar-refractivity contribution in [2.24, 2.45) is 0 Å². The largest absolute Gasteiger partial charge is 0.496 e. The number of carbonyl (C=O) groups is 2. The number of nitrogens with zero attached hydrogens (tertiary/aromatic N) is 1. The van der Waals surface area contributed by atoms with Crippen molar-refractivity contribution in [3.63, 3.8) is 0 Å². The van der Waals surface area contributed by atoms with Crippen molar-refractivity contribution in [3.05, 3.63) is 87.2 Å². The quantitative estimate of drug-likeness (QED) is 0.220. The number of rotatable bonds is 8. The van der Waals surface area contributed by atoms with Gasteiger partial charge in [-0.3, -0.25) is 10.1 Å². The minimum absolute atomic E-state index is 0.103. The fourth-order valence-electron chi connectivity index (χ4n) is 2.62. The molecule has 0 aliphatic rings. The summed E-state index contributed by atoms with van der Waals surface area (Å²) in [6.07, 6.45) is 1.23. The first kappa shape index (κ1) is 21.6. The van der Waals surface area contributed by atoms with Crippen LogP contribution in [0.3, 0.4) is 0 Å². The first-order valence-electron chi connectivity index (χ1n) is 8.69. The Bertz CT molecular complexity index is 919. The molecule has 0 radical (unpaired) electrons. The Morgan fingerprint density at radius 1 is 1.10 bits per heavy atom. The van der Waals surface area contributed by atoms with E-state index in [2.05, 4.69) is 4.74 Å². The molecule has 8 nitrogen and oxygen atoms in total. The fourth-order valence-corrected chi connectivity index (χ4v) is 2.62. The molecule has 0 aliphatic carbocycles. The van der Waals surface area contributed by atoms with Gasteiger partial charge in [-0.15, -0.1) is 0 Å². The van der Waals surface area contributed by atoms with Gasteiger partial charge < -0.3 is 14.2 Å². The molecule has 0 N–H and O–H groups in total. The van der Waals surface area contributed by atoms with Crippen molar-refractivity contribution in [3.8, 4) is 5.75 Å². The first-order valence-corrected chi connectivity index (χ1v) is 8.69. The summed E-state index contributed by atoms with van der Waals surface area (Å²) in [6.45, 7) is 1.40. The van der Waals surface area contributed by atoms with Gasteiger partial charge in [0.1, 0.15) is 11.3 Å². The van der Waals surface area contributed by atoms with E-state index in [1.165, 1.54) is 19.3 Å². The molecule has 152 valence electrons. The average molecular weight is 399 g/mol. The van der Waals surface area contributed by atoms with E-state index in [9.17, 15) is 19.7 Å². The molecule has 0 spiro atoms. The second-order valence-electron chi connectivity index (χ2n) is 6.14. The van der Waals surface area contributed by atoms with Crippen LogP contribution >= 0.6 is 0 Å². The molecule has 0 heterocycles. The van der Waals surface area contributed by atoms with Gasteiger partial charge >= 0.3 is 11.9 Å². The van der Waals surface area contributed by atoms with Gasteiger partial charge in [0.15, 0.2) is 0 Å². The Labute approximate surface area is 167 Å². The van der Waals surface area contributed by atoms with Gasteiger partial charge in [0.2, 0.25) is 12.3 Å². The van der Waals surface area contributed by atoms with Crippen molar-refractivity contribution in [2.45, 2.75) is 12.8 Å². The number of esters is 2. The minimum Gasteiger partial charge on any atom is -0.496 e. The number of ether oxygens (including phenoxy) is 3. The van der Waals surface area contributed by atoms with Gasteiger partial charge in [-0.25, -0.2) is 9.59 Å². The smallest absolute Gasteiger partial charge is 0.373 e. The monoisotopic (exact) mass is 399 g/mol. The third-order valence-corrected chi connectivity index (χ3v) is 4.12. The van der Waals surface area contributed by atoms with Crippen molar-refractivity contribution in [1.29, 1.82) is 0 Å². The second kappa shape index (κ2) is 10.0. The zero-order valence-electron chi connectivity index (χ0n) is 16.3. The van der Waals surface area contributed by atoms with Crippen LogP contribution in [0.25, 0.3) is 0 Å². The summed E-state index contributed by atoms with van der Waals surface area (Å²) in [4.78, 5) is 35.4. The lowest BCUT2D eigenvalue weighted by Gasteiger charge is -2.13. The van der Waals surface area contributed by atoms with Crippen LogP contribution in [0.2, 0.25) is 0 Å². The molecule has 29 heavy (non-hydrogen) atoms. The number of benzene rings is 2. The van der Waals surface area contributed by atoms with Crippen LogP contribution in [0.15, 0.2) is 60.4 Å². The van der Waals surface area contributed by atoms with Crippen LogP contribution in [-0.4, -0.2) is 37.6 Å². The van der Waals surface area contributed by atoms with Gasteiger partial charge in [-0.1, -0.05) is 42.0 Å². The van der Waals surface area contributed by atoms with E-state index in [0.717, 1.165) is 12.7 Å². The van der Waals surface area contributed by atoms with E-state index in [-0.39, 0.29) is 11.3 Å². The minimum atomic E-state index is -0.922. The van der Waals surface area contributed by atoms with E-state index < -0.39 is 35.1 Å². The predicted molar refractivity (Wildman–Crippen MR) is 104 cm³/mol. The second-order valence-corrected chi connectivity index (χ2v) is 6.14. The Morgan fingerprint density at radius 3 is 2.34 bits per heavy atom. The highest BCUT2D eigenvalue weighted by atomic mass is 16.6. The van der Waals surface area contributed by atoms with Crippen molar-refractivity contribution in [1.82, 2.24) is 0 Å². The van der Waals surface area contributed by atoms with Crippen molar-refractivity contribution >= 4 is 11.9 Å². The van der Waals surface area contributed by atoms with Gasteiger partial charge in [0, 0.05) is 4.92 Å². The number of hydrogen-bond acceptors (Lipinski definition) is 7. The van der Waals surface area contributed by atoms with E-state index in [4.69, 9.17) is 9.47 Å². The molecule has 0 saturated heterocycles. The number of hydrogen-bond donors (Lipinski definition) is 0. The molecule has 0 aromatic heterocycles. The van der Waals surface area contributed by atoms with E-state index >= 15 is 0 Å². The van der Waals surface area contributed by atoms with Crippen LogP contribution in [0, 0.1) is 17.0 Å². The van der Waals surface area contributed by atoms with E-state index in [1.807, 2.05) is 6.92 Å². The number of aryl methyl sites for hydroxylation is 1. The molecule has 2 aromatic rings. The Hall–Kier alpha value is -3.68. The normalized spacial score (nSPS) is 12.0. The molecule has 0 fully saturated rings. The molecule has 0 amide bonds. The summed E-state index contributed by atoms with van der Waals surface area (Å²) in [5.74, 6) is -2.74. The molecule has 8 heteroatoms. The van der Waals surface area contributed by atoms with Gasteiger partial charge in [0.05, 0.1) is 20.1 Å². The standard InChI is InChI=1S/C21H21NO7/c1-14-8-10-15(11-9-14)16(13-22(25)26)12-19(21(24)28-3)29-20(23)17-6-4-5-7-18(17)27-2/h4-12,16H,13H2,1-3H3/b19-12-/t16-/m0/s1. The summed E-state index contributed by atoms with van der Waals surface area (Å²) in [5, 5.41) is 11.1. The summed E-state index contributed by atoms with van der Waals surface area (Å²) < 4.78 is 15.0. The molecule has 0 saturated carbocycles. The molecular formula is C21H21NO7. The van der Waals surface area contributed by atoms with Gasteiger partial charge in [0.25, 0.3) is 0 Å². The molecular weight excluding hydrogens is 378 g/mol. The predicted octanol–water partition coefficient (Wildman–Crippen LogP) is 3.28. The maximum Gasteiger partial charge on any atom is 0.373 e. The summed E-state index contributed by atoms with van der Waals surface area (Å²) in [5.41, 5.74) is 1.68. The maximum atomic E-state index is 12.6. The summed E-state index contributed by atoms with van der Waals surface area (Å²) in [6, 6.07) is 13.4. The van der Waals surface area contributed by atoms with Crippen LogP contribution in [-0.2, 0) is 14.3 Å². The third kappa shape index (κ3) is 5.90. The number of methoxy groups -OCH3 is 2. The lowest BCUT2D eigenvalue weighted by Crippen LogP contribution is -2.18. The zero-order chi connectivity index (χ0) is 21.4. The number of carbonyl (C=O) groups excluding carboxylic acids is 2. The summed E-state index contributed by atoms with van der Waals surface area (Å²) in [7, 11) is 2.52. The zero-order valence-corrected chi connectivity index (χ0v) is 16.3. The maximum absolute atomic E-state index is 12.6. The van der Waals surface area contributed by atoms with Gasteiger partial charge in [-0.05, 0) is 30.7 Å². The SMILES string of the molecule is COC(=O)/C(=C/[C@@H](C[N+](=O)[O-])c1ccc(C)cc1)OC(=O)c1ccccc1OC. The van der Waals surface area contributed by atoms with Crippen LogP contribution in [0.1, 0.15) is 27.4 Å². The topological polar surface area (TPSA) is 105 Å². The first-order chi connectivity index (χ1) is 13.8. The molecule has 0 bridgehead atoms. The molecule has 2 aromatic carbocycles. The highest BCUT2D eigenvalue weighted by molar-refractivity contribution is 5.97.